The second-order valence-electron chi connectivity index (χ2n) is 6.26. The smallest absolute Gasteiger partial charge is 0.0348 e. The first kappa shape index (κ1) is 15.9. The maximum absolute atomic E-state index is 3.88. The van der Waals surface area contributed by atoms with Crippen molar-refractivity contribution < 1.29 is 0 Å². The van der Waals surface area contributed by atoms with Crippen molar-refractivity contribution in [3.05, 3.63) is 35.9 Å². The molecule has 0 saturated heterocycles. The van der Waals surface area contributed by atoms with E-state index >= 15 is 0 Å². The first-order chi connectivity index (χ1) is 9.81. The average molecular weight is 292 g/mol. The normalized spacial score (nSPS) is 19.7. The Morgan fingerprint density at radius 3 is 2.50 bits per heavy atom. The molecule has 0 bridgehead atoms. The quantitative estimate of drug-likeness (QED) is 0.767. The molecule has 0 aliphatic heterocycles. The summed E-state index contributed by atoms with van der Waals surface area (Å²) in [5, 5.41) is 3.88. The van der Waals surface area contributed by atoms with Crippen LogP contribution >= 0.6 is 11.8 Å². The van der Waals surface area contributed by atoms with Gasteiger partial charge in [0, 0.05) is 6.04 Å². The van der Waals surface area contributed by atoms with Crippen LogP contribution in [0.2, 0.25) is 0 Å². The molecule has 0 heterocycles. The van der Waals surface area contributed by atoms with E-state index in [1.807, 2.05) is 11.8 Å². The molecule has 1 N–H and O–H groups in total. The van der Waals surface area contributed by atoms with Crippen molar-refractivity contribution >= 4 is 11.8 Å². The molecule has 2 unspecified atom stereocenters. The molecular weight excluding hydrogens is 262 g/mol. The van der Waals surface area contributed by atoms with Crippen molar-refractivity contribution in [1.82, 2.24) is 5.32 Å². The Bertz CT molecular complexity index is 359. The fourth-order valence-electron chi connectivity index (χ4n) is 3.36. The van der Waals surface area contributed by atoms with Gasteiger partial charge in [-0.2, -0.15) is 11.8 Å². The molecule has 112 valence electrons. The highest BCUT2D eigenvalue weighted by Gasteiger charge is 2.24. The molecule has 1 fully saturated rings. The second kappa shape index (κ2) is 8.74. The summed E-state index contributed by atoms with van der Waals surface area (Å²) in [5.74, 6) is 2.83. The van der Waals surface area contributed by atoms with Gasteiger partial charge in [-0.05, 0) is 48.8 Å². The third-order valence-electron chi connectivity index (χ3n) is 4.42. The molecule has 1 aromatic rings. The van der Waals surface area contributed by atoms with E-state index in [2.05, 4.69) is 48.8 Å². The monoisotopic (exact) mass is 291 g/mol. The van der Waals surface area contributed by atoms with Gasteiger partial charge in [-0.1, -0.05) is 56.5 Å². The SMILES string of the molecule is CSCC(C)CNC(c1ccccc1)C1CCCCC1. The van der Waals surface area contributed by atoms with Gasteiger partial charge < -0.3 is 5.32 Å². The minimum atomic E-state index is 0.556. The Balaban J connectivity index is 2.00. The van der Waals surface area contributed by atoms with Crippen molar-refractivity contribution in [2.75, 3.05) is 18.6 Å². The molecule has 1 aliphatic carbocycles. The lowest BCUT2D eigenvalue weighted by atomic mass is 9.81. The van der Waals surface area contributed by atoms with Crippen LogP contribution in [0.1, 0.15) is 50.6 Å². The van der Waals surface area contributed by atoms with Crippen LogP contribution in [0.5, 0.6) is 0 Å². The number of hydrogen-bond donors (Lipinski definition) is 1. The third-order valence-corrected chi connectivity index (χ3v) is 5.32. The zero-order chi connectivity index (χ0) is 14.2. The van der Waals surface area contributed by atoms with Crippen LogP contribution in [0.4, 0.5) is 0 Å². The lowest BCUT2D eigenvalue weighted by Crippen LogP contribution is -2.33. The van der Waals surface area contributed by atoms with Gasteiger partial charge >= 0.3 is 0 Å². The summed E-state index contributed by atoms with van der Waals surface area (Å²) >= 11 is 1.95. The fourth-order valence-corrected chi connectivity index (χ4v) is 4.04. The molecule has 2 heteroatoms. The van der Waals surface area contributed by atoms with Crippen LogP contribution in [-0.4, -0.2) is 18.6 Å². The molecule has 0 amide bonds. The predicted octanol–water partition coefficient (Wildman–Crippen LogP) is 4.90. The summed E-state index contributed by atoms with van der Waals surface area (Å²) in [6, 6.07) is 11.6. The lowest BCUT2D eigenvalue weighted by molar-refractivity contribution is 0.266. The zero-order valence-electron chi connectivity index (χ0n) is 13.0. The van der Waals surface area contributed by atoms with Gasteiger partial charge in [0.1, 0.15) is 0 Å². The van der Waals surface area contributed by atoms with Gasteiger partial charge in [0.25, 0.3) is 0 Å². The Kier molecular flexibility index (Phi) is 6.95. The number of hydrogen-bond acceptors (Lipinski definition) is 2. The number of benzene rings is 1. The summed E-state index contributed by atoms with van der Waals surface area (Å²) in [6.07, 6.45) is 9.24. The van der Waals surface area contributed by atoms with Crippen molar-refractivity contribution in [3.8, 4) is 0 Å². The number of rotatable bonds is 7. The Hall–Kier alpha value is -0.470. The van der Waals surface area contributed by atoms with Gasteiger partial charge in [0.15, 0.2) is 0 Å². The molecule has 2 atom stereocenters. The van der Waals surface area contributed by atoms with E-state index in [1.54, 1.807) is 0 Å². The molecule has 2 rings (SSSR count). The van der Waals surface area contributed by atoms with Crippen molar-refractivity contribution in [2.24, 2.45) is 11.8 Å². The predicted molar refractivity (Wildman–Crippen MR) is 91.3 cm³/mol. The summed E-state index contributed by atoms with van der Waals surface area (Å²) < 4.78 is 0. The van der Waals surface area contributed by atoms with Crippen LogP contribution in [0, 0.1) is 11.8 Å². The van der Waals surface area contributed by atoms with E-state index in [-0.39, 0.29) is 0 Å². The Morgan fingerprint density at radius 1 is 1.15 bits per heavy atom. The molecule has 0 spiro atoms. The number of thioether (sulfide) groups is 1. The van der Waals surface area contributed by atoms with Crippen LogP contribution in [0.3, 0.4) is 0 Å². The molecule has 20 heavy (non-hydrogen) atoms. The Morgan fingerprint density at radius 2 is 1.85 bits per heavy atom. The summed E-state index contributed by atoms with van der Waals surface area (Å²) in [6.45, 7) is 3.49. The standard InChI is InChI=1S/C18H29NS/c1-15(14-20-2)13-19-18(16-9-5-3-6-10-16)17-11-7-4-8-12-17/h3,5-6,9-10,15,17-19H,4,7-8,11-14H2,1-2H3. The van der Waals surface area contributed by atoms with E-state index in [4.69, 9.17) is 0 Å². The minimum Gasteiger partial charge on any atom is -0.309 e. The fraction of sp³-hybridized carbons (Fsp3) is 0.667. The summed E-state index contributed by atoms with van der Waals surface area (Å²) in [7, 11) is 0. The van der Waals surface area contributed by atoms with Crippen molar-refractivity contribution in [1.29, 1.82) is 0 Å². The van der Waals surface area contributed by atoms with E-state index in [0.29, 0.717) is 6.04 Å². The van der Waals surface area contributed by atoms with Gasteiger partial charge in [-0.25, -0.2) is 0 Å². The highest BCUT2D eigenvalue weighted by Crippen LogP contribution is 2.34. The van der Waals surface area contributed by atoms with Crippen molar-refractivity contribution in [2.45, 2.75) is 45.1 Å². The van der Waals surface area contributed by atoms with E-state index in [1.165, 1.54) is 43.4 Å². The van der Waals surface area contributed by atoms with Gasteiger partial charge in [0.2, 0.25) is 0 Å². The highest BCUT2D eigenvalue weighted by molar-refractivity contribution is 7.98. The molecule has 1 aliphatic rings. The third kappa shape index (κ3) is 4.82. The second-order valence-corrected chi connectivity index (χ2v) is 7.17. The summed E-state index contributed by atoms with van der Waals surface area (Å²) in [4.78, 5) is 0. The van der Waals surface area contributed by atoms with Gasteiger partial charge in [-0.3, -0.25) is 0 Å². The molecule has 0 radical (unpaired) electrons. The largest absolute Gasteiger partial charge is 0.309 e. The maximum atomic E-state index is 3.88. The first-order valence-corrected chi connectivity index (χ1v) is 9.48. The minimum absolute atomic E-state index is 0.556. The highest BCUT2D eigenvalue weighted by atomic mass is 32.2. The molecule has 0 aromatic heterocycles. The molecular formula is C18H29NS. The maximum Gasteiger partial charge on any atom is 0.0348 e. The van der Waals surface area contributed by atoms with Crippen LogP contribution in [-0.2, 0) is 0 Å². The molecule has 1 saturated carbocycles. The average Bonchev–Trinajstić information content (AvgIpc) is 2.50. The molecule has 1 nitrogen and oxygen atoms in total. The van der Waals surface area contributed by atoms with Crippen LogP contribution in [0.15, 0.2) is 30.3 Å². The Labute approximate surface area is 128 Å². The summed E-state index contributed by atoms with van der Waals surface area (Å²) in [5.41, 5.74) is 1.48. The van der Waals surface area contributed by atoms with E-state index in [9.17, 15) is 0 Å². The van der Waals surface area contributed by atoms with Crippen LogP contribution in [0.25, 0.3) is 0 Å². The topological polar surface area (TPSA) is 12.0 Å². The van der Waals surface area contributed by atoms with Gasteiger partial charge in [0.05, 0.1) is 0 Å². The van der Waals surface area contributed by atoms with Crippen LogP contribution < -0.4 is 5.32 Å². The lowest BCUT2D eigenvalue weighted by Gasteiger charge is -2.32. The van der Waals surface area contributed by atoms with Crippen molar-refractivity contribution in [3.63, 3.8) is 0 Å². The van der Waals surface area contributed by atoms with E-state index < -0.39 is 0 Å². The number of nitrogens with one attached hydrogen (secondary N) is 1. The zero-order valence-corrected chi connectivity index (χ0v) is 13.8. The first-order valence-electron chi connectivity index (χ1n) is 8.08. The van der Waals surface area contributed by atoms with Gasteiger partial charge in [-0.15, -0.1) is 0 Å². The molecule has 1 aromatic carbocycles. The van der Waals surface area contributed by atoms with E-state index in [0.717, 1.165) is 18.4 Å².